The zero-order chi connectivity index (χ0) is 12.8. The van der Waals surface area contributed by atoms with Crippen LogP contribution in [0.4, 0.5) is 11.5 Å². The monoisotopic (exact) mass is 239 g/mol. The van der Waals surface area contributed by atoms with Crippen molar-refractivity contribution in [2.75, 3.05) is 12.3 Å². The molecule has 1 rings (SSSR count). The maximum absolute atomic E-state index is 10.6. The highest BCUT2D eigenvalue weighted by molar-refractivity contribution is 5.45. The lowest BCUT2D eigenvalue weighted by Gasteiger charge is -2.07. The summed E-state index contributed by atoms with van der Waals surface area (Å²) in [6, 6.07) is 2.49. The molecule has 0 bridgehead atoms. The molecule has 6 heteroatoms. The molecule has 0 radical (unpaired) electrons. The summed E-state index contributed by atoms with van der Waals surface area (Å²) in [5.74, 6) is 0.917. The van der Waals surface area contributed by atoms with Crippen LogP contribution >= 0.6 is 0 Å². The zero-order valence-corrected chi connectivity index (χ0v) is 10.0. The number of hydrogen-bond acceptors (Lipinski definition) is 5. The normalized spacial score (nSPS) is 10.5. The molecule has 0 unspecified atom stereocenters. The molecule has 0 aliphatic heterocycles. The number of nitrogens with two attached hydrogens (primary N) is 1. The Labute approximate surface area is 99.9 Å². The average molecular weight is 239 g/mol. The van der Waals surface area contributed by atoms with E-state index in [4.69, 9.17) is 10.5 Å². The molecule has 0 saturated heterocycles. The van der Waals surface area contributed by atoms with Gasteiger partial charge in [-0.2, -0.15) is 4.98 Å². The first-order valence-electron chi connectivity index (χ1n) is 5.54. The van der Waals surface area contributed by atoms with Crippen LogP contribution in [0.15, 0.2) is 12.1 Å². The Morgan fingerprint density at radius 1 is 1.53 bits per heavy atom. The van der Waals surface area contributed by atoms with E-state index in [9.17, 15) is 10.1 Å². The summed E-state index contributed by atoms with van der Waals surface area (Å²) in [5, 5.41) is 10.6. The van der Waals surface area contributed by atoms with Crippen LogP contribution in [-0.2, 0) is 0 Å². The van der Waals surface area contributed by atoms with Crippen molar-refractivity contribution in [3.63, 3.8) is 0 Å². The third-order valence-electron chi connectivity index (χ3n) is 2.19. The van der Waals surface area contributed by atoms with E-state index in [1.165, 1.54) is 12.1 Å². The van der Waals surface area contributed by atoms with Gasteiger partial charge in [-0.1, -0.05) is 13.8 Å². The van der Waals surface area contributed by atoms with Crippen LogP contribution in [0.1, 0.15) is 26.7 Å². The molecule has 0 fully saturated rings. The number of rotatable bonds is 6. The molecular formula is C11H17N3O3. The molecule has 17 heavy (non-hydrogen) atoms. The molecule has 2 N–H and O–H groups in total. The van der Waals surface area contributed by atoms with Crippen LogP contribution in [0, 0.1) is 16.0 Å². The fourth-order valence-electron chi connectivity index (χ4n) is 1.36. The lowest BCUT2D eigenvalue weighted by Crippen LogP contribution is -2.03. The minimum atomic E-state index is -0.515. The summed E-state index contributed by atoms with van der Waals surface area (Å²) in [6.45, 7) is 4.75. The first kappa shape index (κ1) is 13.2. The fraction of sp³-hybridized carbons (Fsp3) is 0.545. The van der Waals surface area contributed by atoms with Crippen LogP contribution in [-0.4, -0.2) is 16.5 Å². The quantitative estimate of drug-likeness (QED) is 0.467. The Kier molecular flexibility index (Phi) is 4.68. The summed E-state index contributed by atoms with van der Waals surface area (Å²) in [4.78, 5) is 14.0. The zero-order valence-electron chi connectivity index (χ0n) is 10.0. The Bertz CT molecular complexity index is 394. The van der Waals surface area contributed by atoms with Gasteiger partial charge in [-0.05, 0) is 18.8 Å². The lowest BCUT2D eigenvalue weighted by molar-refractivity contribution is -0.384. The van der Waals surface area contributed by atoms with Gasteiger partial charge in [0.15, 0.2) is 0 Å². The first-order chi connectivity index (χ1) is 7.99. The SMILES string of the molecule is CC(C)CCCOc1cc([N+](=O)[O-])cc(N)n1. The van der Waals surface area contributed by atoms with Crippen LogP contribution < -0.4 is 10.5 Å². The lowest BCUT2D eigenvalue weighted by atomic mass is 10.1. The summed E-state index contributed by atoms with van der Waals surface area (Å²) < 4.78 is 5.33. The van der Waals surface area contributed by atoms with Crippen molar-refractivity contribution >= 4 is 11.5 Å². The minimum absolute atomic E-state index is 0.0954. The summed E-state index contributed by atoms with van der Waals surface area (Å²) in [7, 11) is 0. The smallest absolute Gasteiger partial charge is 0.278 e. The fourth-order valence-corrected chi connectivity index (χ4v) is 1.36. The molecule has 6 nitrogen and oxygen atoms in total. The van der Waals surface area contributed by atoms with Crippen molar-refractivity contribution in [1.82, 2.24) is 4.98 Å². The number of ether oxygens (including phenoxy) is 1. The van der Waals surface area contributed by atoms with Crippen LogP contribution in [0.25, 0.3) is 0 Å². The number of nitro groups is 1. The molecule has 0 aromatic carbocycles. The number of nitrogens with zero attached hydrogens (tertiary/aromatic N) is 2. The van der Waals surface area contributed by atoms with Crippen molar-refractivity contribution in [3.05, 3.63) is 22.2 Å². The molecule has 94 valence electrons. The van der Waals surface area contributed by atoms with E-state index in [-0.39, 0.29) is 17.4 Å². The largest absolute Gasteiger partial charge is 0.477 e. The minimum Gasteiger partial charge on any atom is -0.477 e. The van der Waals surface area contributed by atoms with E-state index >= 15 is 0 Å². The maximum atomic E-state index is 10.6. The molecule has 0 saturated carbocycles. The molecule has 1 aromatic heterocycles. The summed E-state index contributed by atoms with van der Waals surface area (Å²) >= 11 is 0. The van der Waals surface area contributed by atoms with E-state index in [1.807, 2.05) is 0 Å². The highest BCUT2D eigenvalue weighted by atomic mass is 16.6. The van der Waals surface area contributed by atoms with Gasteiger partial charge in [0.1, 0.15) is 5.82 Å². The Morgan fingerprint density at radius 2 is 2.24 bits per heavy atom. The van der Waals surface area contributed by atoms with Gasteiger partial charge in [0.2, 0.25) is 5.88 Å². The first-order valence-corrected chi connectivity index (χ1v) is 5.54. The van der Waals surface area contributed by atoms with Crippen molar-refractivity contribution in [2.45, 2.75) is 26.7 Å². The van der Waals surface area contributed by atoms with Gasteiger partial charge >= 0.3 is 0 Å². The van der Waals surface area contributed by atoms with E-state index in [2.05, 4.69) is 18.8 Å². The van der Waals surface area contributed by atoms with Gasteiger partial charge < -0.3 is 10.5 Å². The van der Waals surface area contributed by atoms with Gasteiger partial charge in [-0.25, -0.2) is 0 Å². The molecule has 0 aliphatic carbocycles. The number of pyridine rings is 1. The highest BCUT2D eigenvalue weighted by Crippen LogP contribution is 2.20. The molecule has 0 spiro atoms. The predicted molar refractivity (Wildman–Crippen MR) is 64.9 cm³/mol. The predicted octanol–water partition coefficient (Wildman–Crippen LogP) is 2.39. The Balaban J connectivity index is 2.56. The molecule has 1 aromatic rings. The summed E-state index contributed by atoms with van der Waals surface area (Å²) in [6.07, 6.45) is 1.94. The Morgan fingerprint density at radius 3 is 2.82 bits per heavy atom. The third-order valence-corrected chi connectivity index (χ3v) is 2.19. The topological polar surface area (TPSA) is 91.3 Å². The molecule has 0 aliphatic rings. The summed E-state index contributed by atoms with van der Waals surface area (Å²) in [5.41, 5.74) is 5.35. The van der Waals surface area contributed by atoms with E-state index < -0.39 is 4.92 Å². The van der Waals surface area contributed by atoms with Crippen molar-refractivity contribution in [3.8, 4) is 5.88 Å². The van der Waals surface area contributed by atoms with Gasteiger partial charge in [-0.3, -0.25) is 10.1 Å². The van der Waals surface area contributed by atoms with Crippen LogP contribution in [0.3, 0.4) is 0 Å². The van der Waals surface area contributed by atoms with Crippen LogP contribution in [0.2, 0.25) is 0 Å². The van der Waals surface area contributed by atoms with Crippen molar-refractivity contribution in [1.29, 1.82) is 0 Å². The van der Waals surface area contributed by atoms with Gasteiger partial charge in [0, 0.05) is 0 Å². The van der Waals surface area contributed by atoms with E-state index in [0.29, 0.717) is 12.5 Å². The molecule has 0 amide bonds. The average Bonchev–Trinajstić information content (AvgIpc) is 2.23. The Hall–Kier alpha value is -1.85. The van der Waals surface area contributed by atoms with E-state index in [1.54, 1.807) is 0 Å². The standard InChI is InChI=1S/C11H17N3O3/c1-8(2)4-3-5-17-11-7-9(14(15)16)6-10(12)13-11/h6-8H,3-5H2,1-2H3,(H2,12,13). The molecule has 1 heterocycles. The number of aromatic nitrogens is 1. The molecular weight excluding hydrogens is 222 g/mol. The number of anilines is 1. The maximum Gasteiger partial charge on any atom is 0.278 e. The van der Waals surface area contributed by atoms with Crippen LogP contribution in [0.5, 0.6) is 5.88 Å². The third kappa shape index (κ3) is 4.67. The second-order valence-corrected chi connectivity index (χ2v) is 4.23. The second kappa shape index (κ2) is 6.03. The number of nitrogen functional groups attached to an aromatic ring is 1. The van der Waals surface area contributed by atoms with E-state index in [0.717, 1.165) is 12.8 Å². The van der Waals surface area contributed by atoms with Gasteiger partial charge in [-0.15, -0.1) is 0 Å². The number of hydrogen-bond donors (Lipinski definition) is 1. The highest BCUT2D eigenvalue weighted by Gasteiger charge is 2.10. The van der Waals surface area contributed by atoms with Gasteiger partial charge in [0.25, 0.3) is 5.69 Å². The second-order valence-electron chi connectivity index (χ2n) is 4.23. The van der Waals surface area contributed by atoms with Gasteiger partial charge in [0.05, 0.1) is 23.7 Å². The van der Waals surface area contributed by atoms with Crippen molar-refractivity contribution in [2.24, 2.45) is 5.92 Å². The molecule has 0 atom stereocenters. The van der Waals surface area contributed by atoms with Crippen molar-refractivity contribution < 1.29 is 9.66 Å².